The lowest BCUT2D eigenvalue weighted by molar-refractivity contribution is -0.0948. The number of hydrogen-bond acceptors (Lipinski definition) is 4. The number of nitrogens with zero attached hydrogens (tertiary/aromatic N) is 1. The minimum atomic E-state index is -0.255. The number of aryl methyl sites for hydroxylation is 1. The monoisotopic (exact) mass is 395 g/mol. The molecule has 1 aliphatic heterocycles. The average Bonchev–Trinajstić information content (AvgIpc) is 2.74. The molecule has 4 nitrogen and oxygen atoms in total. The zero-order valence-corrected chi connectivity index (χ0v) is 17.1. The molecule has 0 amide bonds. The third-order valence-electron chi connectivity index (χ3n) is 5.56. The van der Waals surface area contributed by atoms with Gasteiger partial charge in [0, 0.05) is 55.6 Å². The molecule has 1 saturated heterocycles. The van der Waals surface area contributed by atoms with Gasteiger partial charge in [-0.3, -0.25) is 4.79 Å². The fourth-order valence-corrected chi connectivity index (χ4v) is 4.89. The fourth-order valence-electron chi connectivity index (χ4n) is 3.96. The third kappa shape index (κ3) is 3.62. The Morgan fingerprint density at radius 2 is 1.86 bits per heavy atom. The van der Waals surface area contributed by atoms with Crippen molar-refractivity contribution in [3.63, 3.8) is 0 Å². The van der Waals surface area contributed by atoms with E-state index in [9.17, 15) is 4.79 Å². The van der Waals surface area contributed by atoms with Gasteiger partial charge in [0.05, 0.1) is 11.1 Å². The molecule has 0 saturated carbocycles. The minimum Gasteiger partial charge on any atom is -0.381 e. The van der Waals surface area contributed by atoms with Gasteiger partial charge < -0.3 is 14.0 Å². The summed E-state index contributed by atoms with van der Waals surface area (Å²) in [4.78, 5) is 14.4. The summed E-state index contributed by atoms with van der Waals surface area (Å²) >= 11 is 1.73. The number of rotatable bonds is 5. The third-order valence-corrected chi connectivity index (χ3v) is 6.54. The molecule has 0 atom stereocenters. The van der Waals surface area contributed by atoms with Crippen LogP contribution in [0.15, 0.2) is 69.2 Å². The Kier molecular flexibility index (Phi) is 5.58. The molecule has 2 aromatic carbocycles. The van der Waals surface area contributed by atoms with Crippen LogP contribution < -0.4 is 5.56 Å². The van der Waals surface area contributed by atoms with Crippen LogP contribution in [-0.2, 0) is 21.6 Å². The van der Waals surface area contributed by atoms with Crippen molar-refractivity contribution in [2.24, 2.45) is 0 Å². The smallest absolute Gasteiger partial charge is 0.250 e. The van der Waals surface area contributed by atoms with Crippen LogP contribution in [0.5, 0.6) is 0 Å². The molecule has 0 bridgehead atoms. The quantitative estimate of drug-likeness (QED) is 0.621. The summed E-state index contributed by atoms with van der Waals surface area (Å²) in [6.45, 7) is 4.13. The second kappa shape index (κ2) is 8.11. The molecule has 0 spiro atoms. The molecule has 0 aliphatic carbocycles. The first-order valence-electron chi connectivity index (χ1n) is 9.70. The molecule has 28 heavy (non-hydrogen) atoms. The maximum absolute atomic E-state index is 12.0. The number of methoxy groups -OCH3 is 1. The summed E-state index contributed by atoms with van der Waals surface area (Å²) in [5, 5.41) is 1.08. The van der Waals surface area contributed by atoms with Gasteiger partial charge in [0.2, 0.25) is 0 Å². The number of hydrogen-bond donors (Lipinski definition) is 0. The van der Waals surface area contributed by atoms with Crippen molar-refractivity contribution in [2.45, 2.75) is 41.7 Å². The SMILES string of the molecule is CCn1c(=O)ccc2cc(Sc3cccc(C4(OC)CCOCC4)c3)ccc21. The zero-order valence-electron chi connectivity index (χ0n) is 16.3. The molecule has 3 aromatic rings. The maximum Gasteiger partial charge on any atom is 0.250 e. The predicted molar refractivity (Wildman–Crippen MR) is 113 cm³/mol. The Morgan fingerprint density at radius 3 is 2.61 bits per heavy atom. The van der Waals surface area contributed by atoms with Crippen LogP contribution in [0.3, 0.4) is 0 Å². The summed E-state index contributed by atoms with van der Waals surface area (Å²) in [5.74, 6) is 0. The van der Waals surface area contributed by atoms with Crippen molar-refractivity contribution >= 4 is 22.7 Å². The summed E-state index contributed by atoms with van der Waals surface area (Å²) in [6, 6.07) is 18.5. The molecule has 2 heterocycles. The first-order valence-corrected chi connectivity index (χ1v) is 10.5. The molecular formula is C23H25NO3S. The van der Waals surface area contributed by atoms with Gasteiger partial charge in [0.15, 0.2) is 0 Å². The molecule has 146 valence electrons. The summed E-state index contributed by atoms with van der Waals surface area (Å²) in [7, 11) is 1.79. The molecule has 1 aliphatic rings. The average molecular weight is 396 g/mol. The van der Waals surface area contributed by atoms with Crippen molar-refractivity contribution in [1.82, 2.24) is 4.57 Å². The van der Waals surface area contributed by atoms with E-state index in [2.05, 4.69) is 36.4 Å². The summed E-state index contributed by atoms with van der Waals surface area (Å²) in [5.41, 5.74) is 1.98. The number of benzene rings is 2. The van der Waals surface area contributed by atoms with E-state index >= 15 is 0 Å². The predicted octanol–water partition coefficient (Wildman–Crippen LogP) is 4.82. The van der Waals surface area contributed by atoms with Gasteiger partial charge >= 0.3 is 0 Å². The van der Waals surface area contributed by atoms with Gasteiger partial charge in [0.25, 0.3) is 5.56 Å². The molecule has 1 fully saturated rings. The summed E-state index contributed by atoms with van der Waals surface area (Å²) < 4.78 is 13.3. The van der Waals surface area contributed by atoms with Crippen LogP contribution in [0.1, 0.15) is 25.3 Å². The lowest BCUT2D eigenvalue weighted by Crippen LogP contribution is -2.35. The molecule has 5 heteroatoms. The Morgan fingerprint density at radius 1 is 1.07 bits per heavy atom. The maximum atomic E-state index is 12.0. The lowest BCUT2D eigenvalue weighted by atomic mass is 9.86. The number of ether oxygens (including phenoxy) is 2. The first-order chi connectivity index (χ1) is 13.6. The van der Waals surface area contributed by atoms with E-state index in [1.807, 2.05) is 19.1 Å². The van der Waals surface area contributed by atoms with Crippen LogP contribution in [-0.4, -0.2) is 24.9 Å². The molecule has 0 unspecified atom stereocenters. The Labute approximate surface area is 169 Å². The highest BCUT2D eigenvalue weighted by molar-refractivity contribution is 7.99. The van der Waals surface area contributed by atoms with Gasteiger partial charge in [0.1, 0.15) is 0 Å². The minimum absolute atomic E-state index is 0.0458. The Balaban J connectivity index is 1.64. The Bertz CT molecular complexity index is 1040. The van der Waals surface area contributed by atoms with Gasteiger partial charge in [-0.05, 0) is 54.3 Å². The molecule has 4 rings (SSSR count). The van der Waals surface area contributed by atoms with Crippen molar-refractivity contribution < 1.29 is 9.47 Å². The summed E-state index contributed by atoms with van der Waals surface area (Å²) in [6.07, 6.45) is 1.75. The number of aromatic nitrogens is 1. The van der Waals surface area contributed by atoms with Crippen LogP contribution in [0.2, 0.25) is 0 Å². The van der Waals surface area contributed by atoms with Gasteiger partial charge in [-0.25, -0.2) is 0 Å². The highest BCUT2D eigenvalue weighted by Gasteiger charge is 2.34. The van der Waals surface area contributed by atoms with Crippen molar-refractivity contribution in [1.29, 1.82) is 0 Å². The normalized spacial score (nSPS) is 16.4. The van der Waals surface area contributed by atoms with Crippen LogP contribution >= 0.6 is 11.8 Å². The number of pyridine rings is 1. The van der Waals surface area contributed by atoms with E-state index in [0.29, 0.717) is 6.54 Å². The standard InChI is InChI=1S/C23H25NO3S/c1-3-24-21-9-8-20(15-17(21)7-10-22(24)25)28-19-6-4-5-18(16-19)23(26-2)11-13-27-14-12-23/h4-10,15-16H,3,11-14H2,1-2H3. The second-order valence-electron chi connectivity index (χ2n) is 7.08. The molecule has 0 radical (unpaired) electrons. The highest BCUT2D eigenvalue weighted by Crippen LogP contribution is 2.38. The molecular weight excluding hydrogens is 370 g/mol. The number of fused-ring (bicyclic) bond motifs is 1. The van der Waals surface area contributed by atoms with Crippen molar-refractivity contribution in [2.75, 3.05) is 20.3 Å². The van der Waals surface area contributed by atoms with E-state index in [0.717, 1.165) is 41.9 Å². The highest BCUT2D eigenvalue weighted by atomic mass is 32.2. The van der Waals surface area contributed by atoms with Crippen LogP contribution in [0.4, 0.5) is 0 Å². The van der Waals surface area contributed by atoms with Crippen molar-refractivity contribution in [3.05, 3.63) is 70.5 Å². The van der Waals surface area contributed by atoms with Gasteiger partial charge in [-0.15, -0.1) is 0 Å². The molecule has 0 N–H and O–H groups in total. The fraction of sp³-hybridized carbons (Fsp3) is 0.348. The van der Waals surface area contributed by atoms with E-state index in [1.54, 1.807) is 29.5 Å². The van der Waals surface area contributed by atoms with Crippen LogP contribution in [0, 0.1) is 0 Å². The second-order valence-corrected chi connectivity index (χ2v) is 8.22. The topological polar surface area (TPSA) is 40.5 Å². The van der Waals surface area contributed by atoms with Gasteiger partial charge in [-0.2, -0.15) is 0 Å². The first kappa shape index (κ1) is 19.2. The van der Waals surface area contributed by atoms with Gasteiger partial charge in [-0.1, -0.05) is 23.9 Å². The van der Waals surface area contributed by atoms with E-state index in [4.69, 9.17) is 9.47 Å². The van der Waals surface area contributed by atoms with Crippen molar-refractivity contribution in [3.8, 4) is 0 Å². The lowest BCUT2D eigenvalue weighted by Gasteiger charge is -2.36. The molecule has 1 aromatic heterocycles. The Hall–Kier alpha value is -2.08. The van der Waals surface area contributed by atoms with E-state index in [1.165, 1.54) is 10.5 Å². The van der Waals surface area contributed by atoms with E-state index < -0.39 is 0 Å². The zero-order chi connectivity index (χ0) is 19.6. The largest absolute Gasteiger partial charge is 0.381 e. The van der Waals surface area contributed by atoms with Crippen LogP contribution in [0.25, 0.3) is 10.9 Å². The van der Waals surface area contributed by atoms with E-state index in [-0.39, 0.29) is 11.2 Å².